The molecule has 0 aliphatic heterocycles. The lowest BCUT2D eigenvalue weighted by molar-refractivity contribution is -0.170. The van der Waals surface area contributed by atoms with E-state index in [1.54, 1.807) is 0 Å². The zero-order valence-electron chi connectivity index (χ0n) is 20.1. The topological polar surface area (TPSA) is 159 Å². The van der Waals surface area contributed by atoms with Crippen LogP contribution in [0.2, 0.25) is 0 Å². The summed E-state index contributed by atoms with van der Waals surface area (Å²) in [6.45, 7) is -0.344. The Morgan fingerprint density at radius 1 is 1.03 bits per heavy atom. The minimum Gasteiger partial charge on any atom is -0.377 e. The van der Waals surface area contributed by atoms with Crippen LogP contribution in [0, 0.1) is 22.7 Å². The quantitative estimate of drug-likeness (QED) is 0.473. The number of hydrogen-bond acceptors (Lipinski definition) is 8. The van der Waals surface area contributed by atoms with E-state index in [4.69, 9.17) is 15.4 Å². The Balaban J connectivity index is 1.33. The third-order valence-corrected chi connectivity index (χ3v) is 6.93. The second kappa shape index (κ2) is 9.88. The number of rotatable bonds is 8. The van der Waals surface area contributed by atoms with Crippen LogP contribution in [0.4, 0.5) is 5.69 Å². The van der Waals surface area contributed by atoms with Gasteiger partial charge in [0.1, 0.15) is 12.1 Å². The van der Waals surface area contributed by atoms with Crippen LogP contribution in [0.15, 0.2) is 30.9 Å². The van der Waals surface area contributed by atoms with E-state index in [1.165, 1.54) is 51.7 Å². The summed E-state index contributed by atoms with van der Waals surface area (Å²) in [5, 5.41) is 40.3. The number of aromatic nitrogens is 4. The average Bonchev–Trinajstić information content (AvgIpc) is 3.69. The number of anilines is 1. The van der Waals surface area contributed by atoms with Crippen LogP contribution in [0.25, 0.3) is 0 Å². The van der Waals surface area contributed by atoms with E-state index in [-0.39, 0.29) is 36.4 Å². The Morgan fingerprint density at radius 2 is 1.68 bits per heavy atom. The molecule has 11 nitrogen and oxygen atoms in total. The number of nitrogens with one attached hydrogen (secondary N) is 1. The van der Waals surface area contributed by atoms with Crippen LogP contribution < -0.4 is 10.2 Å². The van der Waals surface area contributed by atoms with Crippen molar-refractivity contribution in [2.24, 2.45) is 0 Å². The Morgan fingerprint density at radius 3 is 2.30 bits per heavy atom. The highest BCUT2D eigenvalue weighted by Crippen LogP contribution is 2.38. The van der Waals surface area contributed by atoms with Gasteiger partial charge >= 0.3 is 5.97 Å². The molecule has 5 rings (SSSR count). The molecule has 0 saturated heterocycles. The standard InChI is InChI=1S/C26H25N7O4/c27-10-17-12-29-32(14-17)16-26(36,25(35)37-33-15-18(11-28)13-30-33)8-7-23(34)31-24-21-5-1-3-19(21)9-20-4-2-6-22(20)24/h9,12-15,36H,1-8,16H2,(H,31,34). The van der Waals surface area contributed by atoms with Crippen molar-refractivity contribution < 1.29 is 19.5 Å². The molecule has 2 aliphatic rings. The maximum Gasteiger partial charge on any atom is 0.368 e. The van der Waals surface area contributed by atoms with E-state index in [2.05, 4.69) is 21.6 Å². The zero-order chi connectivity index (χ0) is 26.0. The highest BCUT2D eigenvalue weighted by Gasteiger charge is 2.40. The third kappa shape index (κ3) is 4.95. The van der Waals surface area contributed by atoms with Gasteiger partial charge in [-0.15, -0.1) is 5.10 Å². The molecule has 11 heteroatoms. The molecule has 1 atom stereocenters. The van der Waals surface area contributed by atoms with Gasteiger partial charge in [-0.2, -0.15) is 15.6 Å². The van der Waals surface area contributed by atoms with Crippen molar-refractivity contribution in [2.75, 3.05) is 5.32 Å². The molecule has 2 aromatic heterocycles. The largest absolute Gasteiger partial charge is 0.377 e. The Labute approximate surface area is 212 Å². The Bertz CT molecular complexity index is 1430. The number of aryl methyl sites for hydroxylation is 2. The molecule has 1 aromatic carbocycles. The van der Waals surface area contributed by atoms with Gasteiger partial charge in [-0.3, -0.25) is 9.48 Å². The molecule has 2 heterocycles. The van der Waals surface area contributed by atoms with Gasteiger partial charge in [0.05, 0.1) is 36.3 Å². The molecule has 1 unspecified atom stereocenters. The first-order chi connectivity index (χ1) is 17.9. The number of fused-ring (bicyclic) bond motifs is 2. The lowest BCUT2D eigenvalue weighted by Crippen LogP contribution is -2.48. The highest BCUT2D eigenvalue weighted by molar-refractivity contribution is 5.94. The summed E-state index contributed by atoms with van der Waals surface area (Å²) < 4.78 is 1.25. The predicted molar refractivity (Wildman–Crippen MR) is 129 cm³/mol. The smallest absolute Gasteiger partial charge is 0.368 e. The maximum atomic E-state index is 13.1. The second-order valence-corrected chi connectivity index (χ2v) is 9.47. The summed E-state index contributed by atoms with van der Waals surface area (Å²) in [6.07, 6.45) is 10.7. The van der Waals surface area contributed by atoms with Gasteiger partial charge in [-0.05, 0) is 67.2 Å². The monoisotopic (exact) mass is 499 g/mol. The molecular weight excluding hydrogens is 474 g/mol. The van der Waals surface area contributed by atoms with E-state index in [1.807, 2.05) is 12.1 Å². The minimum absolute atomic E-state index is 0.154. The number of carbonyl (C=O) groups is 2. The Hall–Kier alpha value is -4.48. The SMILES string of the molecule is N#Cc1cnn(CC(O)(CCC(=O)Nc2c3c(cc4c2CCC4)CCC3)C(=O)On2cc(C#N)cn2)c1. The van der Waals surface area contributed by atoms with Gasteiger partial charge < -0.3 is 15.3 Å². The first-order valence-corrected chi connectivity index (χ1v) is 12.2. The van der Waals surface area contributed by atoms with E-state index in [0.29, 0.717) is 0 Å². The van der Waals surface area contributed by atoms with E-state index in [0.717, 1.165) is 49.1 Å². The minimum atomic E-state index is -2.16. The summed E-state index contributed by atoms with van der Waals surface area (Å²) in [5.41, 5.74) is 4.13. The number of carbonyl (C=O) groups excluding carboxylic acids is 2. The third-order valence-electron chi connectivity index (χ3n) is 6.93. The molecular formula is C26H25N7O4. The normalized spacial score (nSPS) is 15.2. The predicted octanol–water partition coefficient (Wildman–Crippen LogP) is 1.61. The first kappa shape index (κ1) is 24.2. The molecule has 3 aromatic rings. The fraction of sp³-hybridized carbons (Fsp3) is 0.385. The van der Waals surface area contributed by atoms with Crippen LogP contribution >= 0.6 is 0 Å². The number of nitrogens with zero attached hydrogens (tertiary/aromatic N) is 6. The second-order valence-electron chi connectivity index (χ2n) is 9.47. The van der Waals surface area contributed by atoms with Gasteiger partial charge in [-0.1, -0.05) is 10.9 Å². The van der Waals surface area contributed by atoms with Gasteiger partial charge in [0.2, 0.25) is 5.91 Å². The number of benzene rings is 1. The van der Waals surface area contributed by atoms with Gasteiger partial charge in [0.25, 0.3) is 0 Å². The van der Waals surface area contributed by atoms with Crippen molar-refractivity contribution in [2.45, 2.75) is 63.5 Å². The number of nitriles is 2. The van der Waals surface area contributed by atoms with Crippen LogP contribution in [-0.2, 0) is 41.8 Å². The lowest BCUT2D eigenvalue weighted by atomic mass is 9.96. The van der Waals surface area contributed by atoms with Gasteiger partial charge in [0, 0.05) is 18.3 Å². The fourth-order valence-corrected chi connectivity index (χ4v) is 5.09. The van der Waals surface area contributed by atoms with Crippen molar-refractivity contribution in [1.29, 1.82) is 10.5 Å². The summed E-state index contributed by atoms with van der Waals surface area (Å²) in [7, 11) is 0. The van der Waals surface area contributed by atoms with Crippen molar-refractivity contribution in [3.8, 4) is 12.1 Å². The molecule has 2 aliphatic carbocycles. The molecule has 2 N–H and O–H groups in total. The van der Waals surface area contributed by atoms with Crippen molar-refractivity contribution in [3.05, 3.63) is 64.2 Å². The van der Waals surface area contributed by atoms with Crippen LogP contribution in [0.3, 0.4) is 0 Å². The maximum absolute atomic E-state index is 13.1. The summed E-state index contributed by atoms with van der Waals surface area (Å²) in [5.74, 6) is -1.38. The van der Waals surface area contributed by atoms with E-state index < -0.39 is 11.6 Å². The highest BCUT2D eigenvalue weighted by atomic mass is 16.7. The number of hydrogen-bond donors (Lipinski definition) is 2. The van der Waals surface area contributed by atoms with Gasteiger partial charge in [-0.25, -0.2) is 4.79 Å². The van der Waals surface area contributed by atoms with Crippen LogP contribution in [0.5, 0.6) is 0 Å². The zero-order valence-corrected chi connectivity index (χ0v) is 20.1. The molecule has 188 valence electrons. The van der Waals surface area contributed by atoms with Crippen molar-refractivity contribution >= 4 is 17.6 Å². The van der Waals surface area contributed by atoms with E-state index >= 15 is 0 Å². The molecule has 0 saturated carbocycles. The number of amides is 1. The summed E-state index contributed by atoms with van der Waals surface area (Å²) >= 11 is 0. The molecule has 37 heavy (non-hydrogen) atoms. The molecule has 0 radical (unpaired) electrons. The first-order valence-electron chi connectivity index (χ1n) is 12.2. The molecule has 0 spiro atoms. The lowest BCUT2D eigenvalue weighted by Gasteiger charge is -2.25. The molecule has 0 bridgehead atoms. The molecule has 1 amide bonds. The van der Waals surface area contributed by atoms with Crippen LogP contribution in [0.1, 0.15) is 59.1 Å². The van der Waals surface area contributed by atoms with E-state index in [9.17, 15) is 14.7 Å². The van der Waals surface area contributed by atoms with Crippen molar-refractivity contribution in [3.63, 3.8) is 0 Å². The number of aliphatic hydroxyl groups is 1. The Kier molecular flexibility index (Phi) is 6.47. The molecule has 0 fully saturated rings. The summed E-state index contributed by atoms with van der Waals surface area (Å²) in [6, 6.07) is 6.09. The van der Waals surface area contributed by atoms with Crippen molar-refractivity contribution in [1.82, 2.24) is 19.7 Å². The van der Waals surface area contributed by atoms with Crippen LogP contribution in [-0.4, -0.2) is 42.3 Å². The average molecular weight is 500 g/mol. The summed E-state index contributed by atoms with van der Waals surface area (Å²) in [4.78, 5) is 32.1. The fourth-order valence-electron chi connectivity index (χ4n) is 5.09. The van der Waals surface area contributed by atoms with Gasteiger partial charge in [0.15, 0.2) is 5.60 Å².